The van der Waals surface area contributed by atoms with Crippen molar-refractivity contribution in [2.75, 3.05) is 6.54 Å². The van der Waals surface area contributed by atoms with E-state index in [1.807, 2.05) is 13.8 Å². The molecule has 0 saturated heterocycles. The van der Waals surface area contributed by atoms with E-state index in [-0.39, 0.29) is 18.2 Å². The van der Waals surface area contributed by atoms with Gasteiger partial charge in [-0.1, -0.05) is 26.7 Å². The van der Waals surface area contributed by atoms with Gasteiger partial charge in [0.15, 0.2) is 0 Å². The molecule has 0 unspecified atom stereocenters. The van der Waals surface area contributed by atoms with Gasteiger partial charge in [0.2, 0.25) is 11.8 Å². The van der Waals surface area contributed by atoms with Gasteiger partial charge < -0.3 is 10.6 Å². The van der Waals surface area contributed by atoms with Crippen molar-refractivity contribution in [3.63, 3.8) is 0 Å². The fourth-order valence-electron chi connectivity index (χ4n) is 2.35. The molecule has 5 heteroatoms. The van der Waals surface area contributed by atoms with E-state index in [0.717, 1.165) is 25.7 Å². The van der Waals surface area contributed by atoms with Gasteiger partial charge in [-0.2, -0.15) is 5.26 Å². The molecule has 1 aliphatic carbocycles. The average molecular weight is 279 g/mol. The van der Waals surface area contributed by atoms with Crippen molar-refractivity contribution in [2.24, 2.45) is 5.41 Å². The molecule has 0 aromatic carbocycles. The van der Waals surface area contributed by atoms with Gasteiger partial charge in [0.25, 0.3) is 0 Å². The molecule has 0 radical (unpaired) electrons. The number of carbonyl (C=O) groups excluding carboxylic acids is 2. The molecule has 20 heavy (non-hydrogen) atoms. The lowest BCUT2D eigenvalue weighted by molar-refractivity contribution is -0.129. The summed E-state index contributed by atoms with van der Waals surface area (Å²) < 4.78 is 0. The van der Waals surface area contributed by atoms with Crippen LogP contribution in [0.15, 0.2) is 0 Å². The summed E-state index contributed by atoms with van der Waals surface area (Å²) in [5.74, 6) is -0.260. The van der Waals surface area contributed by atoms with Crippen LogP contribution < -0.4 is 10.6 Å². The second kappa shape index (κ2) is 7.88. The quantitative estimate of drug-likeness (QED) is 0.676. The maximum absolute atomic E-state index is 12.2. The number of nitrogens with zero attached hydrogens (tertiary/aromatic N) is 1. The van der Waals surface area contributed by atoms with Crippen LogP contribution in [0.2, 0.25) is 0 Å². The van der Waals surface area contributed by atoms with Crippen molar-refractivity contribution >= 4 is 11.8 Å². The number of nitriles is 1. The molecule has 112 valence electrons. The standard InChI is InChI=1S/C15H25N3O2/c1-3-8-15(11-16,9-4-2)14(20)17-10-7-13(19)18-12-5-6-12/h12H,3-10H2,1-2H3,(H,17,20)(H,18,19). The summed E-state index contributed by atoms with van der Waals surface area (Å²) in [6, 6.07) is 2.53. The van der Waals surface area contributed by atoms with Gasteiger partial charge in [-0.05, 0) is 25.7 Å². The Morgan fingerprint density at radius 1 is 1.25 bits per heavy atom. The molecular formula is C15H25N3O2. The smallest absolute Gasteiger partial charge is 0.240 e. The molecule has 2 N–H and O–H groups in total. The maximum atomic E-state index is 12.2. The summed E-state index contributed by atoms with van der Waals surface area (Å²) in [4.78, 5) is 23.7. The van der Waals surface area contributed by atoms with Gasteiger partial charge in [0.1, 0.15) is 5.41 Å². The number of carbonyl (C=O) groups is 2. The normalized spacial score (nSPS) is 14.4. The van der Waals surface area contributed by atoms with Crippen LogP contribution in [0, 0.1) is 16.7 Å². The molecule has 1 saturated carbocycles. The van der Waals surface area contributed by atoms with Gasteiger partial charge in [0, 0.05) is 19.0 Å². The predicted octanol–water partition coefficient (Wildman–Crippen LogP) is 1.88. The molecule has 0 heterocycles. The van der Waals surface area contributed by atoms with Crippen LogP contribution in [0.5, 0.6) is 0 Å². The molecule has 5 nitrogen and oxygen atoms in total. The molecule has 1 fully saturated rings. The highest BCUT2D eigenvalue weighted by atomic mass is 16.2. The first-order valence-corrected chi connectivity index (χ1v) is 7.57. The molecule has 1 aliphatic rings. The highest BCUT2D eigenvalue weighted by Gasteiger charge is 2.36. The van der Waals surface area contributed by atoms with Crippen LogP contribution in [0.1, 0.15) is 58.8 Å². The molecular weight excluding hydrogens is 254 g/mol. The first-order valence-electron chi connectivity index (χ1n) is 7.57. The van der Waals surface area contributed by atoms with E-state index in [0.29, 0.717) is 25.4 Å². The third-order valence-corrected chi connectivity index (χ3v) is 3.58. The van der Waals surface area contributed by atoms with Crippen molar-refractivity contribution in [2.45, 2.75) is 64.8 Å². The lowest BCUT2D eigenvalue weighted by Crippen LogP contribution is -2.41. The number of hydrogen-bond donors (Lipinski definition) is 2. The number of rotatable bonds is 9. The maximum Gasteiger partial charge on any atom is 0.240 e. The minimum Gasteiger partial charge on any atom is -0.354 e. The zero-order chi connectivity index (χ0) is 15.0. The SMILES string of the molecule is CCCC(C#N)(CCC)C(=O)NCCC(=O)NC1CC1. The molecule has 1 rings (SSSR count). The molecule has 0 aliphatic heterocycles. The fraction of sp³-hybridized carbons (Fsp3) is 0.800. The first-order chi connectivity index (χ1) is 9.57. The Balaban J connectivity index is 2.40. The van der Waals surface area contributed by atoms with E-state index in [4.69, 9.17) is 0 Å². The van der Waals surface area contributed by atoms with Crippen molar-refractivity contribution in [3.8, 4) is 6.07 Å². The van der Waals surface area contributed by atoms with Gasteiger partial charge in [-0.15, -0.1) is 0 Å². The summed E-state index contributed by atoms with van der Waals surface area (Å²) in [6.07, 6.45) is 5.12. The third-order valence-electron chi connectivity index (χ3n) is 3.58. The molecule has 0 aromatic rings. The van der Waals surface area contributed by atoms with E-state index >= 15 is 0 Å². The van der Waals surface area contributed by atoms with Crippen LogP contribution in [-0.4, -0.2) is 24.4 Å². The molecule has 2 amide bonds. The molecule has 0 bridgehead atoms. The molecule has 0 aromatic heterocycles. The topological polar surface area (TPSA) is 82.0 Å². The number of amides is 2. The van der Waals surface area contributed by atoms with Crippen molar-refractivity contribution in [1.29, 1.82) is 5.26 Å². The Kier molecular flexibility index (Phi) is 6.50. The van der Waals surface area contributed by atoms with Crippen LogP contribution >= 0.6 is 0 Å². The summed E-state index contributed by atoms with van der Waals surface area (Å²) in [7, 11) is 0. The van der Waals surface area contributed by atoms with Gasteiger partial charge >= 0.3 is 0 Å². The zero-order valence-corrected chi connectivity index (χ0v) is 12.5. The summed E-state index contributed by atoms with van der Waals surface area (Å²) in [5.41, 5.74) is -0.934. The second-order valence-electron chi connectivity index (χ2n) is 5.54. The van der Waals surface area contributed by atoms with Gasteiger partial charge in [-0.25, -0.2) is 0 Å². The number of nitrogens with one attached hydrogen (secondary N) is 2. The fourth-order valence-corrected chi connectivity index (χ4v) is 2.35. The van der Waals surface area contributed by atoms with Crippen LogP contribution in [0.4, 0.5) is 0 Å². The average Bonchev–Trinajstić information content (AvgIpc) is 3.22. The summed E-state index contributed by atoms with van der Waals surface area (Å²) >= 11 is 0. The van der Waals surface area contributed by atoms with Crippen molar-refractivity contribution in [3.05, 3.63) is 0 Å². The Morgan fingerprint density at radius 3 is 2.30 bits per heavy atom. The minimum absolute atomic E-state index is 0.0265. The van der Waals surface area contributed by atoms with E-state index in [1.54, 1.807) is 0 Å². The van der Waals surface area contributed by atoms with Gasteiger partial charge in [-0.3, -0.25) is 9.59 Å². The van der Waals surface area contributed by atoms with Gasteiger partial charge in [0.05, 0.1) is 6.07 Å². The summed E-state index contributed by atoms with van der Waals surface area (Å²) in [5, 5.41) is 15.0. The van der Waals surface area contributed by atoms with Crippen LogP contribution in [0.3, 0.4) is 0 Å². The van der Waals surface area contributed by atoms with E-state index in [9.17, 15) is 14.9 Å². The monoisotopic (exact) mass is 279 g/mol. The van der Waals surface area contributed by atoms with Crippen LogP contribution in [-0.2, 0) is 9.59 Å². The second-order valence-corrected chi connectivity index (χ2v) is 5.54. The first kappa shape index (κ1) is 16.5. The van der Waals surface area contributed by atoms with Crippen molar-refractivity contribution in [1.82, 2.24) is 10.6 Å². The van der Waals surface area contributed by atoms with E-state index < -0.39 is 5.41 Å². The third kappa shape index (κ3) is 4.84. The van der Waals surface area contributed by atoms with Crippen molar-refractivity contribution < 1.29 is 9.59 Å². The lowest BCUT2D eigenvalue weighted by Gasteiger charge is -2.24. The van der Waals surface area contributed by atoms with Crippen LogP contribution in [0.25, 0.3) is 0 Å². The molecule has 0 atom stereocenters. The minimum atomic E-state index is -0.934. The zero-order valence-electron chi connectivity index (χ0n) is 12.5. The molecule has 0 spiro atoms. The predicted molar refractivity (Wildman–Crippen MR) is 76.7 cm³/mol. The summed E-state index contributed by atoms with van der Waals surface area (Å²) in [6.45, 7) is 4.24. The Labute approximate surface area is 121 Å². The highest BCUT2D eigenvalue weighted by Crippen LogP contribution is 2.29. The largest absolute Gasteiger partial charge is 0.354 e. The highest BCUT2D eigenvalue weighted by molar-refractivity contribution is 5.86. The Bertz CT molecular complexity index is 377. The van der Waals surface area contributed by atoms with E-state index in [1.165, 1.54) is 0 Å². The Hall–Kier alpha value is -1.57. The number of hydrogen-bond acceptors (Lipinski definition) is 3. The Morgan fingerprint density at radius 2 is 1.85 bits per heavy atom. The lowest BCUT2D eigenvalue weighted by atomic mass is 9.80. The van der Waals surface area contributed by atoms with E-state index in [2.05, 4.69) is 16.7 Å².